The topological polar surface area (TPSA) is 83.6 Å². The molecule has 0 saturated carbocycles. The van der Waals surface area contributed by atoms with Crippen LogP contribution in [-0.2, 0) is 4.79 Å². The fourth-order valence-corrected chi connectivity index (χ4v) is 3.21. The Kier molecular flexibility index (Phi) is 4.96. The van der Waals surface area contributed by atoms with Gasteiger partial charge in [-0.3, -0.25) is 4.79 Å². The van der Waals surface area contributed by atoms with E-state index < -0.39 is 0 Å². The van der Waals surface area contributed by atoms with Crippen molar-refractivity contribution in [1.29, 1.82) is 0 Å². The first-order valence-corrected chi connectivity index (χ1v) is 7.81. The molecule has 0 bridgehead atoms. The Morgan fingerprint density at radius 3 is 2.48 bits per heavy atom. The van der Waals surface area contributed by atoms with E-state index in [0.717, 1.165) is 34.9 Å². The fraction of sp³-hybridized carbons (Fsp3) is 0.312. The second-order valence-electron chi connectivity index (χ2n) is 5.00. The lowest BCUT2D eigenvalue weighted by Crippen LogP contribution is -2.25. The summed E-state index contributed by atoms with van der Waals surface area (Å²) in [5.41, 5.74) is 5.45. The van der Waals surface area contributed by atoms with Crippen LogP contribution < -0.4 is 5.73 Å². The van der Waals surface area contributed by atoms with Crippen LogP contribution in [0.2, 0.25) is 0 Å². The van der Waals surface area contributed by atoms with E-state index in [-0.39, 0.29) is 22.7 Å². The molecule has 0 spiro atoms. The summed E-state index contributed by atoms with van der Waals surface area (Å²) < 4.78 is 0. The number of fused-ring (bicyclic) bond motifs is 1. The molecule has 21 heavy (non-hydrogen) atoms. The summed E-state index contributed by atoms with van der Waals surface area (Å²) in [5, 5.41) is 20.5. The molecule has 0 aromatic heterocycles. The Hall–Kier alpha value is -1.88. The first-order valence-electron chi connectivity index (χ1n) is 6.93. The smallest absolute Gasteiger partial charge is 0.230 e. The minimum Gasteiger partial charge on any atom is -0.504 e. The highest BCUT2D eigenvalue weighted by atomic mass is 32.2. The summed E-state index contributed by atoms with van der Waals surface area (Å²) in [4.78, 5) is 12.4. The first kappa shape index (κ1) is 15.5. The summed E-state index contributed by atoms with van der Waals surface area (Å²) in [7, 11) is 0. The highest BCUT2D eigenvalue weighted by Gasteiger charge is 2.16. The molecule has 1 amide bonds. The highest BCUT2D eigenvalue weighted by molar-refractivity contribution is 8.00. The third-order valence-corrected chi connectivity index (χ3v) is 4.60. The Balaban J connectivity index is 2.25. The number of carbonyl (C=O) groups is 1. The number of hydrogen-bond donors (Lipinski definition) is 3. The Morgan fingerprint density at radius 1 is 1.19 bits per heavy atom. The number of carbonyl (C=O) groups excluding carboxylic acids is 1. The predicted molar refractivity (Wildman–Crippen MR) is 85.6 cm³/mol. The van der Waals surface area contributed by atoms with Crippen LogP contribution in [0.1, 0.15) is 26.2 Å². The van der Waals surface area contributed by atoms with Gasteiger partial charge >= 0.3 is 0 Å². The molecule has 0 saturated heterocycles. The van der Waals surface area contributed by atoms with Gasteiger partial charge in [0.05, 0.1) is 5.25 Å². The molecule has 1 atom stereocenters. The number of amides is 1. The lowest BCUT2D eigenvalue weighted by Gasteiger charge is -2.13. The Bertz CT molecular complexity index is 657. The van der Waals surface area contributed by atoms with Gasteiger partial charge in [0.2, 0.25) is 5.91 Å². The van der Waals surface area contributed by atoms with Crippen molar-refractivity contribution in [2.45, 2.75) is 36.3 Å². The van der Waals surface area contributed by atoms with Crippen LogP contribution in [0.4, 0.5) is 0 Å². The molecule has 112 valence electrons. The minimum absolute atomic E-state index is 0.138. The number of aromatic hydroxyl groups is 2. The zero-order valence-corrected chi connectivity index (χ0v) is 12.7. The van der Waals surface area contributed by atoms with Crippen molar-refractivity contribution in [3.63, 3.8) is 0 Å². The molecular formula is C16H19NO3S. The molecule has 0 aliphatic rings. The lowest BCUT2D eigenvalue weighted by molar-refractivity contribution is -0.117. The van der Waals surface area contributed by atoms with Gasteiger partial charge < -0.3 is 15.9 Å². The molecular weight excluding hydrogens is 286 g/mol. The highest BCUT2D eigenvalue weighted by Crippen LogP contribution is 2.34. The lowest BCUT2D eigenvalue weighted by atomic mass is 10.1. The zero-order valence-electron chi connectivity index (χ0n) is 11.9. The molecule has 2 rings (SSSR count). The maximum atomic E-state index is 11.5. The minimum atomic E-state index is -0.304. The second kappa shape index (κ2) is 6.72. The summed E-state index contributed by atoms with van der Waals surface area (Å²) in [5.74, 6) is -0.593. The third kappa shape index (κ3) is 3.82. The number of primary amides is 1. The van der Waals surface area contributed by atoms with Crippen molar-refractivity contribution >= 4 is 28.4 Å². The normalized spacial score (nSPS) is 12.4. The van der Waals surface area contributed by atoms with E-state index in [1.54, 1.807) is 0 Å². The van der Waals surface area contributed by atoms with Crippen LogP contribution >= 0.6 is 11.8 Å². The summed E-state index contributed by atoms with van der Waals surface area (Å²) in [6.07, 6.45) is 2.74. The van der Waals surface area contributed by atoms with Gasteiger partial charge in [0.25, 0.3) is 0 Å². The molecule has 4 N–H and O–H groups in total. The van der Waals surface area contributed by atoms with Gasteiger partial charge in [0.15, 0.2) is 11.5 Å². The van der Waals surface area contributed by atoms with Crippen molar-refractivity contribution in [3.05, 3.63) is 30.3 Å². The van der Waals surface area contributed by atoms with E-state index in [4.69, 9.17) is 5.73 Å². The number of benzene rings is 2. The fourth-order valence-electron chi connectivity index (χ4n) is 2.14. The van der Waals surface area contributed by atoms with Crippen molar-refractivity contribution in [2.75, 3.05) is 0 Å². The summed E-state index contributed by atoms with van der Waals surface area (Å²) in [6.45, 7) is 2.08. The molecule has 1 unspecified atom stereocenters. The van der Waals surface area contributed by atoms with Crippen LogP contribution in [-0.4, -0.2) is 21.4 Å². The number of nitrogens with two attached hydrogens (primary N) is 1. The van der Waals surface area contributed by atoms with E-state index in [9.17, 15) is 15.0 Å². The van der Waals surface area contributed by atoms with Crippen LogP contribution in [0, 0.1) is 0 Å². The van der Waals surface area contributed by atoms with Gasteiger partial charge in [-0.05, 0) is 41.5 Å². The maximum absolute atomic E-state index is 11.5. The molecule has 0 heterocycles. The molecule has 2 aromatic carbocycles. The molecule has 2 aromatic rings. The number of phenolic OH excluding ortho intramolecular Hbond substituents is 2. The van der Waals surface area contributed by atoms with Gasteiger partial charge in [0.1, 0.15) is 0 Å². The number of rotatable bonds is 6. The number of phenols is 2. The maximum Gasteiger partial charge on any atom is 0.230 e. The zero-order chi connectivity index (χ0) is 15.4. The third-order valence-electron chi connectivity index (χ3n) is 3.32. The van der Waals surface area contributed by atoms with Gasteiger partial charge in [-0.15, -0.1) is 11.8 Å². The standard InChI is InChI=1S/C16H19NO3S/c1-2-3-4-15(16(17)20)21-12-6-5-10-8-13(18)14(19)9-11(10)7-12/h5-9,15,18-19H,2-4H2,1H3,(H2,17,20). The van der Waals surface area contributed by atoms with E-state index in [0.29, 0.717) is 0 Å². The molecule has 4 nitrogen and oxygen atoms in total. The summed E-state index contributed by atoms with van der Waals surface area (Å²) in [6, 6.07) is 8.67. The van der Waals surface area contributed by atoms with E-state index in [1.807, 2.05) is 18.2 Å². The predicted octanol–water partition coefficient (Wildman–Crippen LogP) is 3.39. The van der Waals surface area contributed by atoms with Crippen molar-refractivity contribution in [1.82, 2.24) is 0 Å². The van der Waals surface area contributed by atoms with Gasteiger partial charge in [-0.25, -0.2) is 0 Å². The second-order valence-corrected chi connectivity index (χ2v) is 6.28. The van der Waals surface area contributed by atoms with E-state index >= 15 is 0 Å². The van der Waals surface area contributed by atoms with Gasteiger partial charge in [-0.1, -0.05) is 25.8 Å². The molecule has 0 aliphatic heterocycles. The van der Waals surface area contributed by atoms with Crippen molar-refractivity contribution in [2.24, 2.45) is 5.73 Å². The van der Waals surface area contributed by atoms with Crippen molar-refractivity contribution < 1.29 is 15.0 Å². The monoisotopic (exact) mass is 305 g/mol. The van der Waals surface area contributed by atoms with Crippen LogP contribution in [0.25, 0.3) is 10.8 Å². The number of hydrogen-bond acceptors (Lipinski definition) is 4. The van der Waals surface area contributed by atoms with Crippen LogP contribution in [0.5, 0.6) is 11.5 Å². The van der Waals surface area contributed by atoms with Crippen LogP contribution in [0.15, 0.2) is 35.2 Å². The quantitative estimate of drug-likeness (QED) is 0.564. The van der Waals surface area contributed by atoms with Crippen LogP contribution in [0.3, 0.4) is 0 Å². The van der Waals surface area contributed by atoms with Gasteiger partial charge in [-0.2, -0.15) is 0 Å². The Labute approximate surface area is 128 Å². The molecule has 0 aliphatic carbocycles. The first-order chi connectivity index (χ1) is 10.0. The molecule has 0 radical (unpaired) electrons. The summed E-state index contributed by atoms with van der Waals surface area (Å²) >= 11 is 1.44. The average Bonchev–Trinajstić information content (AvgIpc) is 2.44. The molecule has 5 heteroatoms. The number of thioether (sulfide) groups is 1. The SMILES string of the molecule is CCCCC(Sc1ccc2cc(O)c(O)cc2c1)C(N)=O. The number of unbranched alkanes of at least 4 members (excludes halogenated alkanes) is 1. The largest absolute Gasteiger partial charge is 0.504 e. The van der Waals surface area contributed by atoms with Crippen molar-refractivity contribution in [3.8, 4) is 11.5 Å². The average molecular weight is 305 g/mol. The van der Waals surface area contributed by atoms with E-state index in [2.05, 4.69) is 6.92 Å². The van der Waals surface area contributed by atoms with Gasteiger partial charge in [0, 0.05) is 4.90 Å². The van der Waals surface area contributed by atoms with E-state index in [1.165, 1.54) is 23.9 Å². The Morgan fingerprint density at radius 2 is 1.86 bits per heavy atom. The molecule has 0 fully saturated rings.